The fourth-order valence-electron chi connectivity index (χ4n) is 4.95. The molecule has 1 N–H and O–H groups in total. The summed E-state index contributed by atoms with van der Waals surface area (Å²) < 4.78 is 46.9. The van der Waals surface area contributed by atoms with Crippen LogP contribution < -0.4 is 4.74 Å². The molecule has 12 heteroatoms. The van der Waals surface area contributed by atoms with Gasteiger partial charge in [0.2, 0.25) is 0 Å². The number of nitrogens with zero attached hydrogens (tertiary/aromatic N) is 3. The SMILES string of the molecule is CC[Si](CC)(CC)OC[C@H]1[C@@H](N(Cc2ccc(OC)cc2)S(=O)(=O)N(C)C)C[C@@H](COC)N1C(=O)O. The first-order chi connectivity index (χ1) is 17.0. The van der Waals surface area contributed by atoms with Gasteiger partial charge in [0, 0.05) is 27.7 Å². The fourth-order valence-corrected chi connectivity index (χ4v) is 8.89. The summed E-state index contributed by atoms with van der Waals surface area (Å²) in [6, 6.07) is 8.19. The van der Waals surface area contributed by atoms with Gasteiger partial charge in [0.15, 0.2) is 8.32 Å². The van der Waals surface area contributed by atoms with E-state index in [0.29, 0.717) is 12.2 Å². The van der Waals surface area contributed by atoms with Crippen molar-refractivity contribution in [2.45, 2.75) is 70.0 Å². The Labute approximate surface area is 217 Å². The van der Waals surface area contributed by atoms with Crippen LogP contribution >= 0.6 is 0 Å². The van der Waals surface area contributed by atoms with Crippen molar-refractivity contribution in [3.05, 3.63) is 29.8 Å². The van der Waals surface area contributed by atoms with Crippen LogP contribution in [0.4, 0.5) is 4.79 Å². The van der Waals surface area contributed by atoms with Crippen LogP contribution in [0.25, 0.3) is 0 Å². The molecule has 36 heavy (non-hydrogen) atoms. The summed E-state index contributed by atoms with van der Waals surface area (Å²) in [5.41, 5.74) is 0.775. The van der Waals surface area contributed by atoms with E-state index in [1.807, 2.05) is 12.1 Å². The van der Waals surface area contributed by atoms with Crippen LogP contribution in [0.3, 0.4) is 0 Å². The Morgan fingerprint density at radius 2 is 1.67 bits per heavy atom. The quantitative estimate of drug-likeness (QED) is 0.357. The van der Waals surface area contributed by atoms with Gasteiger partial charge in [-0.1, -0.05) is 32.9 Å². The molecule has 10 nitrogen and oxygen atoms in total. The van der Waals surface area contributed by atoms with Gasteiger partial charge in [-0.2, -0.15) is 17.0 Å². The molecule has 1 aromatic rings. The van der Waals surface area contributed by atoms with Crippen LogP contribution in [0.1, 0.15) is 32.8 Å². The van der Waals surface area contributed by atoms with Crippen molar-refractivity contribution in [2.75, 3.05) is 41.5 Å². The van der Waals surface area contributed by atoms with Crippen LogP contribution in [0.2, 0.25) is 18.1 Å². The second-order valence-corrected chi connectivity index (χ2v) is 16.3. The van der Waals surface area contributed by atoms with E-state index < -0.39 is 42.7 Å². The lowest BCUT2D eigenvalue weighted by atomic mass is 10.1. The summed E-state index contributed by atoms with van der Waals surface area (Å²) >= 11 is 0. The second kappa shape index (κ2) is 13.2. The van der Waals surface area contributed by atoms with Crippen molar-refractivity contribution in [2.24, 2.45) is 0 Å². The first-order valence-electron chi connectivity index (χ1n) is 12.5. The van der Waals surface area contributed by atoms with E-state index in [9.17, 15) is 18.3 Å². The molecule has 0 bridgehead atoms. The van der Waals surface area contributed by atoms with Crippen molar-refractivity contribution in [1.29, 1.82) is 0 Å². The minimum Gasteiger partial charge on any atom is -0.497 e. The number of likely N-dealkylation sites (tertiary alicyclic amines) is 1. The van der Waals surface area contributed by atoms with Crippen molar-refractivity contribution >= 4 is 24.6 Å². The first kappa shape index (κ1) is 30.5. The number of ether oxygens (including phenoxy) is 2. The van der Waals surface area contributed by atoms with E-state index in [4.69, 9.17) is 13.9 Å². The van der Waals surface area contributed by atoms with Crippen LogP contribution in [-0.2, 0) is 25.9 Å². The van der Waals surface area contributed by atoms with Gasteiger partial charge < -0.3 is 19.0 Å². The average molecular weight is 546 g/mol. The minimum absolute atomic E-state index is 0.0940. The molecule has 0 aromatic heterocycles. The highest BCUT2D eigenvalue weighted by molar-refractivity contribution is 7.86. The third-order valence-electron chi connectivity index (χ3n) is 7.41. The largest absolute Gasteiger partial charge is 0.497 e. The molecular weight excluding hydrogens is 502 g/mol. The number of hydrogen-bond donors (Lipinski definition) is 1. The number of methoxy groups -OCH3 is 2. The Balaban J connectivity index is 2.54. The summed E-state index contributed by atoms with van der Waals surface area (Å²) in [6.07, 6.45) is -0.785. The molecule has 1 heterocycles. The molecule has 0 radical (unpaired) electrons. The molecule has 1 fully saturated rings. The number of hydrogen-bond acceptors (Lipinski definition) is 6. The Morgan fingerprint density at radius 3 is 2.11 bits per heavy atom. The lowest BCUT2D eigenvalue weighted by Gasteiger charge is -2.37. The molecule has 1 saturated heterocycles. The summed E-state index contributed by atoms with van der Waals surface area (Å²) in [6.45, 7) is 6.76. The predicted octanol–water partition coefficient (Wildman–Crippen LogP) is 3.46. The number of rotatable bonds is 14. The molecule has 3 atom stereocenters. The Morgan fingerprint density at radius 1 is 1.08 bits per heavy atom. The van der Waals surface area contributed by atoms with Crippen LogP contribution in [0.5, 0.6) is 5.75 Å². The van der Waals surface area contributed by atoms with Gasteiger partial charge in [-0.15, -0.1) is 0 Å². The highest BCUT2D eigenvalue weighted by atomic mass is 32.2. The summed E-state index contributed by atoms with van der Waals surface area (Å²) in [7, 11) is 0.124. The van der Waals surface area contributed by atoms with Gasteiger partial charge in [0.1, 0.15) is 5.75 Å². The van der Waals surface area contributed by atoms with Gasteiger partial charge in [-0.25, -0.2) is 4.79 Å². The maximum atomic E-state index is 13.6. The Bertz CT molecular complexity index is 933. The van der Waals surface area contributed by atoms with Crippen molar-refractivity contribution in [1.82, 2.24) is 13.5 Å². The standard InChI is InChI=1S/C24H43N3O7SSi/c1-8-36(9-2,10-3)34-18-23-22(15-20(17-32-6)27(23)24(28)29)26(35(30,31)25(4)5)16-19-11-13-21(33-7)14-12-19/h11-14,20,22-23H,8-10,15-18H2,1-7H3,(H,28,29)/t20-,22-,23-/m0/s1. The van der Waals surface area contributed by atoms with Gasteiger partial charge in [-0.3, -0.25) is 4.90 Å². The van der Waals surface area contributed by atoms with Gasteiger partial charge in [0.25, 0.3) is 10.2 Å². The molecule has 206 valence electrons. The van der Waals surface area contributed by atoms with E-state index in [1.54, 1.807) is 19.2 Å². The zero-order valence-electron chi connectivity index (χ0n) is 22.6. The van der Waals surface area contributed by atoms with Gasteiger partial charge >= 0.3 is 6.09 Å². The number of benzene rings is 1. The molecule has 1 aliphatic heterocycles. The smallest absolute Gasteiger partial charge is 0.408 e. The monoisotopic (exact) mass is 545 g/mol. The van der Waals surface area contributed by atoms with E-state index in [1.165, 1.54) is 34.7 Å². The molecule has 1 amide bonds. The van der Waals surface area contributed by atoms with E-state index in [0.717, 1.165) is 23.7 Å². The van der Waals surface area contributed by atoms with Crippen LogP contribution in [0.15, 0.2) is 24.3 Å². The summed E-state index contributed by atoms with van der Waals surface area (Å²) in [5.74, 6) is 0.671. The molecule has 1 aromatic carbocycles. The van der Waals surface area contributed by atoms with Crippen LogP contribution in [0, 0.1) is 0 Å². The predicted molar refractivity (Wildman–Crippen MR) is 142 cm³/mol. The van der Waals surface area contributed by atoms with E-state index in [-0.39, 0.29) is 19.8 Å². The van der Waals surface area contributed by atoms with Crippen molar-refractivity contribution < 1.29 is 32.2 Å². The van der Waals surface area contributed by atoms with E-state index >= 15 is 0 Å². The molecular formula is C24H43N3O7SSi. The lowest BCUT2D eigenvalue weighted by Crippen LogP contribution is -2.55. The second-order valence-electron chi connectivity index (χ2n) is 9.41. The zero-order valence-corrected chi connectivity index (χ0v) is 24.5. The third kappa shape index (κ3) is 6.78. The molecule has 1 aliphatic rings. The zero-order chi connectivity index (χ0) is 27.1. The molecule has 2 rings (SSSR count). The number of carboxylic acid groups (broad SMARTS) is 1. The van der Waals surface area contributed by atoms with E-state index in [2.05, 4.69) is 20.8 Å². The maximum Gasteiger partial charge on any atom is 0.408 e. The van der Waals surface area contributed by atoms with Crippen LogP contribution in [-0.4, -0.2) is 101 Å². The normalized spacial score (nSPS) is 20.9. The van der Waals surface area contributed by atoms with Gasteiger partial charge in [0.05, 0.1) is 38.4 Å². The third-order valence-corrected chi connectivity index (χ3v) is 14.0. The highest BCUT2D eigenvalue weighted by Crippen LogP contribution is 2.34. The molecule has 0 spiro atoms. The average Bonchev–Trinajstić information content (AvgIpc) is 3.22. The molecule has 0 unspecified atom stereocenters. The summed E-state index contributed by atoms with van der Waals surface area (Å²) in [4.78, 5) is 13.8. The van der Waals surface area contributed by atoms with Crippen molar-refractivity contribution in [3.63, 3.8) is 0 Å². The highest BCUT2D eigenvalue weighted by Gasteiger charge is 2.50. The minimum atomic E-state index is -3.90. The fraction of sp³-hybridized carbons (Fsp3) is 0.708. The molecule has 0 aliphatic carbocycles. The summed E-state index contributed by atoms with van der Waals surface area (Å²) in [5, 5.41) is 10.2. The molecule has 0 saturated carbocycles. The Hall–Kier alpha value is -1.70. The first-order valence-corrected chi connectivity index (χ1v) is 16.4. The number of carbonyl (C=O) groups is 1. The lowest BCUT2D eigenvalue weighted by molar-refractivity contribution is 0.0653. The Kier molecular flexibility index (Phi) is 11.2. The van der Waals surface area contributed by atoms with Gasteiger partial charge in [-0.05, 0) is 42.2 Å². The van der Waals surface area contributed by atoms with Crippen molar-refractivity contribution in [3.8, 4) is 5.75 Å². The maximum absolute atomic E-state index is 13.6. The number of amides is 1. The topological polar surface area (TPSA) is 109 Å².